The van der Waals surface area contributed by atoms with E-state index in [0.717, 1.165) is 0 Å². The zero-order chi connectivity index (χ0) is 23.9. The molecule has 3 aliphatic carbocycles. The molecule has 1 amide bonds. The van der Waals surface area contributed by atoms with Crippen LogP contribution in [-0.4, -0.2) is 74.3 Å². The summed E-state index contributed by atoms with van der Waals surface area (Å²) in [7, 11) is 1.26. The van der Waals surface area contributed by atoms with Crippen LogP contribution in [0.3, 0.4) is 0 Å². The molecule has 32 heavy (non-hydrogen) atoms. The number of hydrogen-bond donors (Lipinski definition) is 6. The van der Waals surface area contributed by atoms with Crippen LogP contribution >= 0.6 is 0 Å². The number of aliphatic hydroxyl groups excluding tert-OH is 1. The van der Waals surface area contributed by atoms with Crippen molar-refractivity contribution in [3.63, 3.8) is 0 Å². The van der Waals surface area contributed by atoms with Crippen molar-refractivity contribution in [2.24, 2.45) is 29.4 Å². The third-order valence-corrected chi connectivity index (χ3v) is 7.18. The van der Waals surface area contributed by atoms with E-state index in [0.29, 0.717) is 0 Å². The quantitative estimate of drug-likeness (QED) is 0.257. The van der Waals surface area contributed by atoms with Gasteiger partial charge in [0, 0.05) is 5.92 Å². The van der Waals surface area contributed by atoms with Gasteiger partial charge >= 0.3 is 0 Å². The maximum absolute atomic E-state index is 13.5. The Morgan fingerprint density at radius 3 is 2.28 bits per heavy atom. The minimum Gasteiger partial charge on any atom is -0.507 e. The number of nitrogens with one attached hydrogen (secondary N) is 1. The maximum atomic E-state index is 13.5. The molecule has 1 aromatic carbocycles. The summed E-state index contributed by atoms with van der Waals surface area (Å²) < 4.78 is 0. The summed E-state index contributed by atoms with van der Waals surface area (Å²) in [4.78, 5) is 64.5. The minimum atomic E-state index is -3.10. The molecule has 0 bridgehead atoms. The number of carbonyl (C=O) groups is 5. The number of benzene rings is 1. The van der Waals surface area contributed by atoms with E-state index in [4.69, 9.17) is 5.73 Å². The van der Waals surface area contributed by atoms with Crippen LogP contribution < -0.4 is 11.1 Å². The van der Waals surface area contributed by atoms with Crippen molar-refractivity contribution in [2.75, 3.05) is 7.05 Å². The van der Waals surface area contributed by atoms with Crippen molar-refractivity contribution in [2.45, 2.75) is 30.3 Å². The van der Waals surface area contributed by atoms with Gasteiger partial charge in [-0.25, -0.2) is 0 Å². The molecule has 3 aliphatic rings. The number of ketones is 4. The zero-order valence-corrected chi connectivity index (χ0v) is 17.1. The number of phenolic OH excluding ortho intramolecular Hbond substituents is 1. The maximum Gasteiger partial charge on any atom is 0.235 e. The highest BCUT2D eigenvalue weighted by atomic mass is 16.3. The van der Waals surface area contributed by atoms with Crippen molar-refractivity contribution in [1.82, 2.24) is 5.32 Å². The number of amides is 1. The number of nitrogens with two attached hydrogens (primary N) is 1. The molecule has 0 heterocycles. The topological polar surface area (TPSA) is 204 Å². The minimum absolute atomic E-state index is 0.0504. The molecule has 0 aliphatic heterocycles. The second-order valence-electron chi connectivity index (χ2n) is 8.73. The van der Waals surface area contributed by atoms with E-state index in [2.05, 4.69) is 5.32 Å². The molecule has 8 unspecified atom stereocenters. The smallest absolute Gasteiger partial charge is 0.235 e. The average Bonchev–Trinajstić information content (AvgIpc) is 2.70. The fraction of sp³-hybridized carbons (Fsp3) is 0.476. The number of fused-ring (bicyclic) bond motifs is 3. The SMILES string of the molecule is CNC1C(=O)C(C(N)=O)C(=O)C2(O)C(=O)C3C(=O)c4c(O)cccc4C(C)(O)C3C(O)C12. The third kappa shape index (κ3) is 2.41. The van der Waals surface area contributed by atoms with E-state index in [1.165, 1.54) is 32.2 Å². The fourth-order valence-corrected chi connectivity index (χ4v) is 5.75. The van der Waals surface area contributed by atoms with E-state index in [1.54, 1.807) is 0 Å². The Balaban J connectivity index is 1.99. The molecule has 2 saturated carbocycles. The molecule has 4 rings (SSSR count). The van der Waals surface area contributed by atoms with Gasteiger partial charge in [-0.2, -0.15) is 0 Å². The van der Waals surface area contributed by atoms with Crippen LogP contribution in [0.1, 0.15) is 22.8 Å². The second kappa shape index (κ2) is 6.75. The summed E-state index contributed by atoms with van der Waals surface area (Å²) in [6.45, 7) is 1.23. The number of carbonyl (C=O) groups excluding carboxylic acids is 5. The standard InChI is InChI=1S/C21H22N2O9/c1-20(31)6-4-3-5-7(24)8(6)14(25)9-11(20)16(27)12-13(23-2)15(26)10(19(22)30)18(29)21(12,32)17(9)28/h3-5,9-13,16,23-24,27,31-32H,1-2H3,(H2,22,30). The Labute approximate surface area is 181 Å². The Morgan fingerprint density at radius 2 is 1.72 bits per heavy atom. The van der Waals surface area contributed by atoms with Crippen molar-refractivity contribution >= 4 is 29.0 Å². The number of phenols is 1. The lowest BCUT2D eigenvalue weighted by Crippen LogP contribution is -2.78. The first-order chi connectivity index (χ1) is 14.8. The van der Waals surface area contributed by atoms with Gasteiger partial charge in [0.15, 0.2) is 34.7 Å². The van der Waals surface area contributed by atoms with Crippen molar-refractivity contribution in [3.05, 3.63) is 29.3 Å². The van der Waals surface area contributed by atoms with Gasteiger partial charge in [0.2, 0.25) is 5.91 Å². The molecule has 11 nitrogen and oxygen atoms in total. The van der Waals surface area contributed by atoms with Gasteiger partial charge in [0.05, 0.1) is 35.1 Å². The zero-order valence-electron chi connectivity index (χ0n) is 17.1. The third-order valence-electron chi connectivity index (χ3n) is 7.18. The lowest BCUT2D eigenvalue weighted by atomic mass is 9.48. The summed E-state index contributed by atoms with van der Waals surface area (Å²) in [5, 5.41) is 46.6. The van der Waals surface area contributed by atoms with E-state index in [-0.39, 0.29) is 11.1 Å². The van der Waals surface area contributed by atoms with Crippen LogP contribution in [0.5, 0.6) is 5.75 Å². The predicted octanol–water partition coefficient (Wildman–Crippen LogP) is -2.84. The number of aromatic hydroxyl groups is 1. The molecule has 2 fully saturated rings. The molecule has 8 atom stereocenters. The molecule has 170 valence electrons. The highest BCUT2D eigenvalue weighted by molar-refractivity contribution is 6.32. The molecule has 1 aromatic rings. The number of hydrogen-bond acceptors (Lipinski definition) is 10. The van der Waals surface area contributed by atoms with Crippen LogP contribution in [0.2, 0.25) is 0 Å². The number of likely N-dealkylation sites (N-methyl/N-ethyl adjacent to an activating group) is 1. The van der Waals surface area contributed by atoms with E-state index >= 15 is 0 Å². The predicted molar refractivity (Wildman–Crippen MR) is 104 cm³/mol. The van der Waals surface area contributed by atoms with Gasteiger partial charge in [0.1, 0.15) is 5.75 Å². The average molecular weight is 446 g/mol. The second-order valence-corrected chi connectivity index (χ2v) is 8.73. The lowest BCUT2D eigenvalue weighted by Gasteiger charge is -2.56. The first-order valence-electron chi connectivity index (χ1n) is 9.91. The van der Waals surface area contributed by atoms with Gasteiger partial charge in [0.25, 0.3) is 0 Å². The molecule has 0 spiro atoms. The van der Waals surface area contributed by atoms with Crippen molar-refractivity contribution < 1.29 is 44.4 Å². The number of Topliss-reactive ketones (excluding diaryl/α,β-unsaturated/α-hetero) is 4. The summed E-state index contributed by atoms with van der Waals surface area (Å²) in [6, 6.07) is 2.33. The van der Waals surface area contributed by atoms with E-state index < -0.39 is 81.8 Å². The van der Waals surface area contributed by atoms with E-state index in [9.17, 15) is 44.4 Å². The largest absolute Gasteiger partial charge is 0.507 e. The van der Waals surface area contributed by atoms with Crippen LogP contribution in [0, 0.1) is 23.7 Å². The number of rotatable bonds is 2. The molecule has 7 N–H and O–H groups in total. The van der Waals surface area contributed by atoms with E-state index in [1.807, 2.05) is 0 Å². The summed E-state index contributed by atoms with van der Waals surface area (Å²) in [5.41, 5.74) is -0.413. The van der Waals surface area contributed by atoms with Crippen molar-refractivity contribution in [3.8, 4) is 5.75 Å². The first kappa shape index (κ1) is 22.2. The fourth-order valence-electron chi connectivity index (χ4n) is 5.75. The Bertz CT molecular complexity index is 1100. The summed E-state index contributed by atoms with van der Waals surface area (Å²) in [5.74, 6) is -14.3. The first-order valence-corrected chi connectivity index (χ1v) is 9.91. The molecule has 11 heteroatoms. The Morgan fingerprint density at radius 1 is 1.09 bits per heavy atom. The molecular formula is C21H22N2O9. The molecule has 0 saturated heterocycles. The van der Waals surface area contributed by atoms with Gasteiger partial charge in [-0.05, 0) is 25.6 Å². The number of primary amides is 1. The Kier molecular flexibility index (Phi) is 4.69. The molecular weight excluding hydrogens is 424 g/mol. The van der Waals surface area contributed by atoms with Crippen LogP contribution in [0.4, 0.5) is 0 Å². The van der Waals surface area contributed by atoms with Crippen LogP contribution in [0.25, 0.3) is 0 Å². The van der Waals surface area contributed by atoms with Crippen molar-refractivity contribution in [1.29, 1.82) is 0 Å². The van der Waals surface area contributed by atoms with Crippen LogP contribution in [0.15, 0.2) is 18.2 Å². The van der Waals surface area contributed by atoms with Crippen LogP contribution in [-0.2, 0) is 24.8 Å². The summed E-state index contributed by atoms with van der Waals surface area (Å²) in [6.07, 6.45) is -1.91. The molecule has 0 aromatic heterocycles. The molecule has 0 radical (unpaired) electrons. The van der Waals surface area contributed by atoms with Gasteiger partial charge in [-0.1, -0.05) is 12.1 Å². The highest BCUT2D eigenvalue weighted by Crippen LogP contribution is 2.55. The summed E-state index contributed by atoms with van der Waals surface area (Å²) >= 11 is 0. The lowest BCUT2D eigenvalue weighted by molar-refractivity contribution is -0.206. The van der Waals surface area contributed by atoms with Gasteiger partial charge in [-0.15, -0.1) is 0 Å². The monoisotopic (exact) mass is 446 g/mol. The van der Waals surface area contributed by atoms with Gasteiger partial charge in [-0.3, -0.25) is 24.0 Å². The normalized spacial score (nSPS) is 41.0. The van der Waals surface area contributed by atoms with Gasteiger partial charge < -0.3 is 31.5 Å². The number of aliphatic hydroxyl groups is 3. The Hall–Kier alpha value is -2.99. The highest BCUT2D eigenvalue weighted by Gasteiger charge is 2.74.